The molecule has 0 unspecified atom stereocenters. The summed E-state index contributed by atoms with van der Waals surface area (Å²) in [7, 11) is 0. The van der Waals surface area contributed by atoms with Crippen LogP contribution in [-0.4, -0.2) is 31.6 Å². The summed E-state index contributed by atoms with van der Waals surface area (Å²) in [5.74, 6) is 0.0981. The van der Waals surface area contributed by atoms with Crippen LogP contribution in [0, 0.1) is 5.41 Å². The maximum Gasteiger partial charge on any atom is 0.258 e. The largest absolute Gasteiger partial charge is 0.493 e. The Bertz CT molecular complexity index is 563. The molecule has 0 spiro atoms. The standard InChI is InChI=1S/C16H17NO4/c1-2-16(9-20-10-16)11-21-13-5-3-12(4-6-13)17-14(18)7-8-15(17)19/h3-8H,2,9-11H2,1H3. The molecule has 21 heavy (non-hydrogen) atoms. The van der Waals surface area contributed by atoms with E-state index in [-0.39, 0.29) is 17.2 Å². The van der Waals surface area contributed by atoms with Crippen molar-refractivity contribution in [3.63, 3.8) is 0 Å². The number of rotatable bonds is 5. The number of amides is 2. The summed E-state index contributed by atoms with van der Waals surface area (Å²) in [6.07, 6.45) is 3.57. The fraction of sp³-hybridized carbons (Fsp3) is 0.375. The van der Waals surface area contributed by atoms with Crippen molar-refractivity contribution in [3.8, 4) is 5.75 Å². The van der Waals surface area contributed by atoms with Gasteiger partial charge in [0.05, 0.1) is 30.9 Å². The lowest BCUT2D eigenvalue weighted by Gasteiger charge is -2.40. The molecular weight excluding hydrogens is 270 g/mol. The van der Waals surface area contributed by atoms with Gasteiger partial charge in [0.15, 0.2) is 0 Å². The quantitative estimate of drug-likeness (QED) is 0.776. The third kappa shape index (κ3) is 2.56. The van der Waals surface area contributed by atoms with Gasteiger partial charge in [0.2, 0.25) is 0 Å². The smallest absolute Gasteiger partial charge is 0.258 e. The maximum atomic E-state index is 11.6. The molecule has 0 aromatic heterocycles. The highest BCUT2D eigenvalue weighted by Crippen LogP contribution is 2.32. The summed E-state index contributed by atoms with van der Waals surface area (Å²) in [5.41, 5.74) is 0.684. The Hall–Kier alpha value is -2.14. The number of benzene rings is 1. The van der Waals surface area contributed by atoms with Crippen molar-refractivity contribution in [1.82, 2.24) is 0 Å². The molecule has 1 aromatic carbocycles. The minimum atomic E-state index is -0.315. The summed E-state index contributed by atoms with van der Waals surface area (Å²) in [5, 5.41) is 0. The molecule has 1 saturated heterocycles. The molecule has 2 heterocycles. The van der Waals surface area contributed by atoms with Crippen molar-refractivity contribution in [2.75, 3.05) is 24.7 Å². The van der Waals surface area contributed by atoms with E-state index in [0.29, 0.717) is 12.3 Å². The number of ether oxygens (including phenoxy) is 2. The number of nitrogens with zero attached hydrogens (tertiary/aromatic N) is 1. The van der Waals surface area contributed by atoms with E-state index in [9.17, 15) is 9.59 Å². The lowest BCUT2D eigenvalue weighted by Crippen LogP contribution is -2.46. The Kier molecular flexibility index (Phi) is 3.51. The number of carbonyl (C=O) groups is 2. The van der Waals surface area contributed by atoms with Crippen molar-refractivity contribution in [1.29, 1.82) is 0 Å². The van der Waals surface area contributed by atoms with Crippen molar-refractivity contribution in [3.05, 3.63) is 36.4 Å². The van der Waals surface area contributed by atoms with E-state index < -0.39 is 0 Å². The van der Waals surface area contributed by atoms with Crippen molar-refractivity contribution in [2.24, 2.45) is 5.41 Å². The molecule has 0 bridgehead atoms. The third-order valence-electron chi connectivity index (χ3n) is 4.02. The second-order valence-electron chi connectivity index (χ2n) is 5.47. The number of anilines is 1. The molecule has 2 aliphatic rings. The molecule has 1 aromatic rings. The monoisotopic (exact) mass is 287 g/mol. The molecule has 5 nitrogen and oxygen atoms in total. The molecule has 110 valence electrons. The van der Waals surface area contributed by atoms with Crippen LogP contribution in [0.5, 0.6) is 5.75 Å². The van der Waals surface area contributed by atoms with Gasteiger partial charge in [-0.1, -0.05) is 6.92 Å². The average Bonchev–Trinajstić information content (AvgIpc) is 2.78. The van der Waals surface area contributed by atoms with E-state index in [1.807, 2.05) is 0 Å². The van der Waals surface area contributed by atoms with Crippen LogP contribution in [0.25, 0.3) is 0 Å². The number of carbonyl (C=O) groups excluding carboxylic acids is 2. The Labute approximate surface area is 123 Å². The minimum absolute atomic E-state index is 0.128. The van der Waals surface area contributed by atoms with Gasteiger partial charge in [-0.3, -0.25) is 9.59 Å². The fourth-order valence-electron chi connectivity index (χ4n) is 2.36. The van der Waals surface area contributed by atoms with E-state index in [1.54, 1.807) is 24.3 Å². The second kappa shape index (κ2) is 5.33. The third-order valence-corrected chi connectivity index (χ3v) is 4.02. The molecule has 0 saturated carbocycles. The van der Waals surface area contributed by atoms with Gasteiger partial charge in [0, 0.05) is 12.2 Å². The van der Waals surface area contributed by atoms with Gasteiger partial charge in [-0.25, -0.2) is 4.90 Å². The Morgan fingerprint density at radius 2 is 1.76 bits per heavy atom. The van der Waals surface area contributed by atoms with E-state index in [2.05, 4.69) is 6.92 Å². The molecule has 2 amide bonds. The lowest BCUT2D eigenvalue weighted by molar-refractivity contribution is -0.133. The van der Waals surface area contributed by atoms with Crippen molar-refractivity contribution >= 4 is 17.5 Å². The second-order valence-corrected chi connectivity index (χ2v) is 5.47. The van der Waals surface area contributed by atoms with Crippen LogP contribution in [0.3, 0.4) is 0 Å². The fourth-order valence-corrected chi connectivity index (χ4v) is 2.36. The molecule has 0 atom stereocenters. The molecule has 2 aliphatic heterocycles. The predicted molar refractivity (Wildman–Crippen MR) is 77.1 cm³/mol. The van der Waals surface area contributed by atoms with E-state index in [4.69, 9.17) is 9.47 Å². The Morgan fingerprint density at radius 1 is 1.14 bits per heavy atom. The van der Waals surface area contributed by atoms with Crippen LogP contribution in [0.15, 0.2) is 36.4 Å². The maximum absolute atomic E-state index is 11.6. The molecule has 0 N–H and O–H groups in total. The number of hydrogen-bond acceptors (Lipinski definition) is 4. The summed E-state index contributed by atoms with van der Waals surface area (Å²) >= 11 is 0. The first kappa shape index (κ1) is 13.8. The summed E-state index contributed by atoms with van der Waals surface area (Å²) in [6.45, 7) is 4.23. The molecule has 0 aliphatic carbocycles. The zero-order valence-electron chi connectivity index (χ0n) is 11.9. The first-order valence-electron chi connectivity index (χ1n) is 7.00. The first-order chi connectivity index (χ1) is 10.1. The zero-order chi connectivity index (χ0) is 14.9. The van der Waals surface area contributed by atoms with Crippen molar-refractivity contribution in [2.45, 2.75) is 13.3 Å². The van der Waals surface area contributed by atoms with E-state index >= 15 is 0 Å². The highest BCUT2D eigenvalue weighted by atomic mass is 16.5. The summed E-state index contributed by atoms with van der Waals surface area (Å²) in [4.78, 5) is 24.3. The number of imide groups is 1. The van der Waals surface area contributed by atoms with Gasteiger partial charge in [0.1, 0.15) is 5.75 Å². The van der Waals surface area contributed by atoms with E-state index in [1.165, 1.54) is 12.2 Å². The average molecular weight is 287 g/mol. The van der Waals surface area contributed by atoms with Gasteiger partial charge in [-0.05, 0) is 30.7 Å². The molecule has 0 radical (unpaired) electrons. The molecule has 5 heteroatoms. The van der Waals surface area contributed by atoms with Crippen LogP contribution >= 0.6 is 0 Å². The van der Waals surface area contributed by atoms with Crippen LogP contribution in [-0.2, 0) is 14.3 Å². The Balaban J connectivity index is 1.64. The number of hydrogen-bond donors (Lipinski definition) is 0. The molecule has 1 fully saturated rings. The van der Waals surface area contributed by atoms with Crippen LogP contribution < -0.4 is 9.64 Å². The summed E-state index contributed by atoms with van der Waals surface area (Å²) < 4.78 is 11.1. The topological polar surface area (TPSA) is 55.8 Å². The molecule has 3 rings (SSSR count). The highest BCUT2D eigenvalue weighted by molar-refractivity contribution is 6.28. The first-order valence-corrected chi connectivity index (χ1v) is 7.00. The van der Waals surface area contributed by atoms with Crippen LogP contribution in [0.4, 0.5) is 5.69 Å². The van der Waals surface area contributed by atoms with Gasteiger partial charge >= 0.3 is 0 Å². The van der Waals surface area contributed by atoms with Gasteiger partial charge in [-0.15, -0.1) is 0 Å². The zero-order valence-corrected chi connectivity index (χ0v) is 11.9. The van der Waals surface area contributed by atoms with Gasteiger partial charge in [-0.2, -0.15) is 0 Å². The SMILES string of the molecule is CCC1(COc2ccc(N3C(=O)C=CC3=O)cc2)COC1. The summed E-state index contributed by atoms with van der Waals surface area (Å²) in [6, 6.07) is 6.98. The normalized spacial score (nSPS) is 19.8. The predicted octanol–water partition coefficient (Wildman–Crippen LogP) is 1.92. The van der Waals surface area contributed by atoms with Gasteiger partial charge < -0.3 is 9.47 Å². The van der Waals surface area contributed by atoms with Gasteiger partial charge in [0.25, 0.3) is 11.8 Å². The molecular formula is C16H17NO4. The Morgan fingerprint density at radius 3 is 2.24 bits per heavy atom. The van der Waals surface area contributed by atoms with Crippen LogP contribution in [0.2, 0.25) is 0 Å². The lowest BCUT2D eigenvalue weighted by atomic mass is 9.84. The van der Waals surface area contributed by atoms with E-state index in [0.717, 1.165) is 30.3 Å². The van der Waals surface area contributed by atoms with Crippen LogP contribution in [0.1, 0.15) is 13.3 Å². The highest BCUT2D eigenvalue weighted by Gasteiger charge is 2.37. The minimum Gasteiger partial charge on any atom is -0.493 e. The van der Waals surface area contributed by atoms with Crippen molar-refractivity contribution < 1.29 is 19.1 Å².